The Labute approximate surface area is 442 Å². The number of amides is 1. The maximum atomic E-state index is 12.5. The lowest BCUT2D eigenvalue weighted by atomic mass is 10.0. The second-order valence-electron chi connectivity index (χ2n) is 21.4. The second-order valence-corrected chi connectivity index (χ2v) is 21.4. The van der Waals surface area contributed by atoms with E-state index in [0.717, 1.165) is 51.4 Å². The number of hydrogen-bond donors (Lipinski definition) is 3. The van der Waals surface area contributed by atoms with Crippen molar-refractivity contribution in [3.8, 4) is 0 Å². The number of hydrogen-bond acceptors (Lipinski definition) is 5. The average molecular weight is 997 g/mol. The number of carbonyl (C=O) groups is 2. The van der Waals surface area contributed by atoms with Gasteiger partial charge in [-0.1, -0.05) is 287 Å². The van der Waals surface area contributed by atoms with Gasteiger partial charge in [-0.05, 0) is 77.0 Å². The van der Waals surface area contributed by atoms with Gasteiger partial charge in [0.1, 0.15) is 0 Å². The highest BCUT2D eigenvalue weighted by Crippen LogP contribution is 2.17. The minimum absolute atomic E-state index is 0.0365. The van der Waals surface area contributed by atoms with E-state index in [-0.39, 0.29) is 18.5 Å². The first-order valence-corrected chi connectivity index (χ1v) is 31.4. The Hall–Kier alpha value is -2.18. The molecule has 6 nitrogen and oxygen atoms in total. The van der Waals surface area contributed by atoms with E-state index >= 15 is 0 Å². The van der Waals surface area contributed by atoms with E-state index < -0.39 is 12.1 Å². The highest BCUT2D eigenvalue weighted by molar-refractivity contribution is 5.76. The van der Waals surface area contributed by atoms with Crippen molar-refractivity contribution in [1.82, 2.24) is 5.32 Å². The molecule has 2 atom stereocenters. The SMILES string of the molecule is CCCCCCCC/C=C\CCCCCCCCCCCC(=O)OCC/C=C\C/C=C\CCCCCCCCCCCCCCCCC(=O)NC(CO)C(O)/C=C/CCCCCCCCCCCCCC. The molecule has 0 aliphatic heterocycles. The normalized spacial score (nSPS) is 12.9. The Morgan fingerprint density at radius 2 is 0.704 bits per heavy atom. The van der Waals surface area contributed by atoms with Gasteiger partial charge >= 0.3 is 5.97 Å². The molecule has 416 valence electrons. The largest absolute Gasteiger partial charge is 0.465 e. The molecule has 1 amide bonds. The molecule has 0 heterocycles. The number of ether oxygens (including phenoxy) is 1. The topological polar surface area (TPSA) is 95.9 Å². The van der Waals surface area contributed by atoms with Gasteiger partial charge in [-0.3, -0.25) is 9.59 Å². The molecule has 0 rings (SSSR count). The Bertz CT molecular complexity index is 1190. The standard InChI is InChI=1S/C65H121NO5/c1-3-5-7-9-11-13-15-17-19-20-24-28-31-35-39-43-47-51-55-59-65(70)71-60-56-52-48-44-40-36-32-29-26-23-21-22-25-27-30-34-38-42-46-50-54-58-64(69)66-62(61-67)63(68)57-53-49-45-41-37-33-18-16-14-12-10-8-6-4-2/h17,19,36,40,48,52-53,57,62-63,67-68H,3-16,18,20-35,37-39,41-47,49-51,54-56,58-61H2,1-2H3,(H,66,69)/b19-17-,40-36-,52-48-,57-53+. The monoisotopic (exact) mass is 996 g/mol. The molecule has 6 heteroatoms. The lowest BCUT2D eigenvalue weighted by Crippen LogP contribution is -2.45. The van der Waals surface area contributed by atoms with Gasteiger partial charge in [-0.2, -0.15) is 0 Å². The minimum Gasteiger partial charge on any atom is -0.465 e. The molecule has 0 aliphatic carbocycles. The zero-order valence-corrected chi connectivity index (χ0v) is 47.5. The van der Waals surface area contributed by atoms with Crippen LogP contribution in [0.2, 0.25) is 0 Å². The fraction of sp³-hybridized carbons (Fsp3) is 0.846. The molecule has 0 spiro atoms. The van der Waals surface area contributed by atoms with Crippen molar-refractivity contribution in [2.24, 2.45) is 0 Å². The summed E-state index contributed by atoms with van der Waals surface area (Å²) in [4.78, 5) is 24.5. The first kappa shape index (κ1) is 68.8. The Morgan fingerprint density at radius 3 is 1.08 bits per heavy atom. The van der Waals surface area contributed by atoms with Crippen LogP contribution < -0.4 is 5.32 Å². The molecule has 2 unspecified atom stereocenters. The number of carbonyl (C=O) groups excluding carboxylic acids is 2. The van der Waals surface area contributed by atoms with Gasteiger partial charge in [0.2, 0.25) is 5.91 Å². The lowest BCUT2D eigenvalue weighted by Gasteiger charge is -2.20. The lowest BCUT2D eigenvalue weighted by molar-refractivity contribution is -0.143. The first-order valence-electron chi connectivity index (χ1n) is 31.4. The number of aliphatic hydroxyl groups excluding tert-OH is 2. The summed E-state index contributed by atoms with van der Waals surface area (Å²) in [5.41, 5.74) is 0. The number of aliphatic hydroxyl groups is 2. The molecule has 0 aromatic carbocycles. The maximum absolute atomic E-state index is 12.5. The summed E-state index contributed by atoms with van der Waals surface area (Å²) in [6, 6.07) is -0.632. The summed E-state index contributed by atoms with van der Waals surface area (Å²) in [5.74, 6) is -0.109. The Morgan fingerprint density at radius 1 is 0.394 bits per heavy atom. The quantitative estimate of drug-likeness (QED) is 0.0321. The zero-order valence-electron chi connectivity index (χ0n) is 47.5. The highest BCUT2D eigenvalue weighted by Gasteiger charge is 2.18. The van der Waals surface area contributed by atoms with Crippen molar-refractivity contribution in [3.05, 3.63) is 48.6 Å². The van der Waals surface area contributed by atoms with Crippen LogP contribution in [-0.2, 0) is 14.3 Å². The van der Waals surface area contributed by atoms with Crippen molar-refractivity contribution in [2.75, 3.05) is 13.2 Å². The molecule has 0 saturated heterocycles. The van der Waals surface area contributed by atoms with Crippen molar-refractivity contribution in [2.45, 2.75) is 341 Å². The molecular weight excluding hydrogens is 875 g/mol. The fourth-order valence-corrected chi connectivity index (χ4v) is 9.53. The minimum atomic E-state index is -0.848. The van der Waals surface area contributed by atoms with Gasteiger partial charge in [0.05, 0.1) is 25.4 Å². The first-order chi connectivity index (χ1) is 35.0. The van der Waals surface area contributed by atoms with Gasteiger partial charge in [-0.15, -0.1) is 0 Å². The number of allylic oxidation sites excluding steroid dienone is 6. The summed E-state index contributed by atoms with van der Waals surface area (Å²) in [7, 11) is 0. The molecule has 0 aliphatic rings. The molecule has 0 aromatic heterocycles. The van der Waals surface area contributed by atoms with Gasteiger partial charge in [0.15, 0.2) is 0 Å². The molecule has 0 bridgehead atoms. The van der Waals surface area contributed by atoms with Crippen molar-refractivity contribution < 1.29 is 24.5 Å². The van der Waals surface area contributed by atoms with Gasteiger partial charge in [0, 0.05) is 12.8 Å². The van der Waals surface area contributed by atoms with E-state index in [9.17, 15) is 19.8 Å². The van der Waals surface area contributed by atoms with E-state index in [2.05, 4.69) is 55.6 Å². The van der Waals surface area contributed by atoms with Crippen LogP contribution in [0.1, 0.15) is 328 Å². The van der Waals surface area contributed by atoms with Crippen LogP contribution in [0.4, 0.5) is 0 Å². The molecule has 0 saturated carbocycles. The van der Waals surface area contributed by atoms with Crippen molar-refractivity contribution >= 4 is 11.9 Å². The van der Waals surface area contributed by atoms with Crippen LogP contribution in [0.5, 0.6) is 0 Å². The van der Waals surface area contributed by atoms with E-state index in [1.807, 2.05) is 6.08 Å². The van der Waals surface area contributed by atoms with Crippen LogP contribution in [0.3, 0.4) is 0 Å². The summed E-state index contributed by atoms with van der Waals surface area (Å²) >= 11 is 0. The summed E-state index contributed by atoms with van der Waals surface area (Å²) in [5, 5.41) is 23.1. The van der Waals surface area contributed by atoms with Crippen molar-refractivity contribution in [1.29, 1.82) is 0 Å². The van der Waals surface area contributed by atoms with E-state index in [1.165, 1.54) is 250 Å². The van der Waals surface area contributed by atoms with Crippen LogP contribution >= 0.6 is 0 Å². The Balaban J connectivity index is 3.46. The van der Waals surface area contributed by atoms with Crippen LogP contribution in [0.25, 0.3) is 0 Å². The molecular formula is C65H121NO5. The smallest absolute Gasteiger partial charge is 0.305 e. The third kappa shape index (κ3) is 57.0. The fourth-order valence-electron chi connectivity index (χ4n) is 9.53. The molecule has 3 N–H and O–H groups in total. The molecule has 0 aromatic rings. The third-order valence-corrected chi connectivity index (χ3v) is 14.3. The maximum Gasteiger partial charge on any atom is 0.305 e. The zero-order chi connectivity index (χ0) is 51.4. The summed E-state index contributed by atoms with van der Waals surface area (Å²) < 4.78 is 5.43. The van der Waals surface area contributed by atoms with E-state index in [0.29, 0.717) is 19.4 Å². The predicted molar refractivity (Wildman–Crippen MR) is 310 cm³/mol. The van der Waals surface area contributed by atoms with E-state index in [1.54, 1.807) is 6.08 Å². The number of nitrogens with one attached hydrogen (secondary N) is 1. The second kappa shape index (κ2) is 60.4. The molecule has 71 heavy (non-hydrogen) atoms. The Kier molecular flexibility index (Phi) is 58.5. The highest BCUT2D eigenvalue weighted by atomic mass is 16.5. The van der Waals surface area contributed by atoms with Crippen molar-refractivity contribution in [3.63, 3.8) is 0 Å². The van der Waals surface area contributed by atoms with Crippen LogP contribution in [-0.4, -0.2) is 47.4 Å². The number of unbranched alkanes of at least 4 members (excludes halogenated alkanes) is 41. The van der Waals surface area contributed by atoms with Crippen LogP contribution in [0, 0.1) is 0 Å². The third-order valence-electron chi connectivity index (χ3n) is 14.3. The van der Waals surface area contributed by atoms with E-state index in [4.69, 9.17) is 4.74 Å². The summed E-state index contributed by atoms with van der Waals surface area (Å²) in [6.07, 6.45) is 77.4. The van der Waals surface area contributed by atoms with Gasteiger partial charge < -0.3 is 20.3 Å². The number of rotatable bonds is 58. The average Bonchev–Trinajstić information content (AvgIpc) is 3.37. The number of esters is 1. The van der Waals surface area contributed by atoms with Gasteiger partial charge in [0.25, 0.3) is 0 Å². The summed E-state index contributed by atoms with van der Waals surface area (Å²) in [6.45, 7) is 4.80. The van der Waals surface area contributed by atoms with Gasteiger partial charge in [-0.25, -0.2) is 0 Å². The molecule has 0 radical (unpaired) electrons. The molecule has 0 fully saturated rings. The predicted octanol–water partition coefficient (Wildman–Crippen LogP) is 19.7. The van der Waals surface area contributed by atoms with Crippen LogP contribution in [0.15, 0.2) is 48.6 Å².